The van der Waals surface area contributed by atoms with Crippen molar-refractivity contribution in [2.75, 3.05) is 58.8 Å². The van der Waals surface area contributed by atoms with Gasteiger partial charge < -0.3 is 30.2 Å². The molecule has 1 aromatic carbocycles. The van der Waals surface area contributed by atoms with Crippen LogP contribution in [0.4, 0.5) is 5.69 Å². The van der Waals surface area contributed by atoms with Crippen molar-refractivity contribution < 1.29 is 19.8 Å². The summed E-state index contributed by atoms with van der Waals surface area (Å²) in [6, 6.07) is 7.52. The lowest BCUT2D eigenvalue weighted by atomic mass is 9.73. The molecule has 0 radical (unpaired) electrons. The summed E-state index contributed by atoms with van der Waals surface area (Å²) in [5, 5.41) is 23.8. The molecular formula is C25H40N4O4. The maximum Gasteiger partial charge on any atom is 0.253 e. The maximum absolute atomic E-state index is 13.2. The fourth-order valence-corrected chi connectivity index (χ4v) is 4.80. The number of nitrogens with one attached hydrogen (secondary N) is 1. The van der Waals surface area contributed by atoms with Gasteiger partial charge in [0.05, 0.1) is 17.6 Å². The van der Waals surface area contributed by atoms with Crippen LogP contribution in [0, 0.1) is 5.41 Å². The predicted molar refractivity (Wildman–Crippen MR) is 129 cm³/mol. The summed E-state index contributed by atoms with van der Waals surface area (Å²) in [6.45, 7) is 2.68. The smallest absolute Gasteiger partial charge is 0.253 e. The normalized spacial score (nSPS) is 25.5. The van der Waals surface area contributed by atoms with Gasteiger partial charge in [-0.1, -0.05) is 6.42 Å². The number of likely N-dealkylation sites (tertiary alicyclic amines) is 1. The first-order valence-electron chi connectivity index (χ1n) is 12.1. The number of aliphatic hydroxyl groups excluding tert-OH is 2. The average molecular weight is 461 g/mol. The third-order valence-corrected chi connectivity index (χ3v) is 7.29. The predicted octanol–water partition coefficient (Wildman–Crippen LogP) is 1.32. The number of hydrogen-bond donors (Lipinski definition) is 3. The van der Waals surface area contributed by atoms with Crippen LogP contribution in [0.15, 0.2) is 24.3 Å². The molecule has 8 heteroatoms. The number of carbonyl (C=O) groups is 2. The Balaban J connectivity index is 1.73. The number of nitrogens with zero attached hydrogens (tertiary/aromatic N) is 3. The van der Waals surface area contributed by atoms with Gasteiger partial charge in [0.15, 0.2) is 0 Å². The highest BCUT2D eigenvalue weighted by atomic mass is 16.3. The first-order chi connectivity index (χ1) is 15.7. The summed E-state index contributed by atoms with van der Waals surface area (Å²) in [6.07, 6.45) is 2.18. The number of amides is 2. The van der Waals surface area contributed by atoms with Crippen LogP contribution >= 0.6 is 0 Å². The molecule has 3 N–H and O–H groups in total. The van der Waals surface area contributed by atoms with Crippen molar-refractivity contribution in [1.82, 2.24) is 15.1 Å². The van der Waals surface area contributed by atoms with Crippen molar-refractivity contribution in [2.45, 2.75) is 50.7 Å². The lowest BCUT2D eigenvalue weighted by Gasteiger charge is -2.39. The Bertz CT molecular complexity index is 790. The van der Waals surface area contributed by atoms with E-state index in [9.17, 15) is 19.8 Å². The number of aliphatic hydroxyl groups is 2. The van der Waals surface area contributed by atoms with Gasteiger partial charge in [-0.2, -0.15) is 0 Å². The van der Waals surface area contributed by atoms with Crippen LogP contribution in [-0.4, -0.2) is 97.9 Å². The molecule has 8 nitrogen and oxygen atoms in total. The lowest BCUT2D eigenvalue weighted by Crippen LogP contribution is -2.50. The van der Waals surface area contributed by atoms with E-state index >= 15 is 0 Å². The van der Waals surface area contributed by atoms with Crippen molar-refractivity contribution in [2.24, 2.45) is 5.41 Å². The van der Waals surface area contributed by atoms with E-state index in [2.05, 4.69) is 17.3 Å². The molecule has 0 aromatic heterocycles. The molecule has 2 saturated heterocycles. The molecule has 0 unspecified atom stereocenters. The Hall–Kier alpha value is -2.16. The van der Waals surface area contributed by atoms with Crippen LogP contribution in [-0.2, 0) is 4.79 Å². The van der Waals surface area contributed by atoms with Crippen molar-refractivity contribution in [1.29, 1.82) is 0 Å². The van der Waals surface area contributed by atoms with Gasteiger partial charge in [0.1, 0.15) is 0 Å². The number of anilines is 1. The molecule has 1 spiro atoms. The van der Waals surface area contributed by atoms with E-state index < -0.39 is 17.6 Å². The SMILES string of the molecule is CN1CCC2(CCCCN(C(=O)c3ccc(N(C)C)cc3)CC[C@H](O)[C@H](O)CNC2=O)CC1. The van der Waals surface area contributed by atoms with Gasteiger partial charge in [-0.05, 0) is 76.5 Å². The standard InChI is InChI=1S/C25H40N4O4/c1-27(2)20-8-6-19(7-9-20)23(32)29-14-5-4-11-25(12-16-28(3)17-13-25)24(33)26-18-22(31)21(30)10-15-29/h6-9,21-22,30-31H,4-5,10-18H2,1-3H3,(H,26,33)/t21-,22+/m0/s1. The molecule has 0 bridgehead atoms. The number of carbonyl (C=O) groups excluding carboxylic acids is 2. The number of rotatable bonds is 2. The topological polar surface area (TPSA) is 96.3 Å². The van der Waals surface area contributed by atoms with E-state index in [0.717, 1.165) is 50.9 Å². The molecule has 2 fully saturated rings. The Morgan fingerprint density at radius 3 is 2.30 bits per heavy atom. The van der Waals surface area contributed by atoms with Gasteiger partial charge in [-0.3, -0.25) is 9.59 Å². The van der Waals surface area contributed by atoms with Crippen LogP contribution in [0.5, 0.6) is 0 Å². The first kappa shape index (κ1) is 25.5. The minimum absolute atomic E-state index is 0.0185. The van der Waals surface area contributed by atoms with Crippen molar-refractivity contribution in [3.63, 3.8) is 0 Å². The zero-order valence-electron chi connectivity index (χ0n) is 20.3. The summed E-state index contributed by atoms with van der Waals surface area (Å²) in [5.74, 6) is -0.0879. The van der Waals surface area contributed by atoms with Crippen molar-refractivity contribution >= 4 is 17.5 Å². The van der Waals surface area contributed by atoms with Crippen molar-refractivity contribution in [3.05, 3.63) is 29.8 Å². The molecule has 2 atom stereocenters. The Labute approximate surface area is 197 Å². The van der Waals surface area contributed by atoms with E-state index in [-0.39, 0.29) is 24.8 Å². The summed E-state index contributed by atoms with van der Waals surface area (Å²) in [4.78, 5) is 32.3. The third kappa shape index (κ3) is 6.46. The summed E-state index contributed by atoms with van der Waals surface area (Å²) < 4.78 is 0. The highest BCUT2D eigenvalue weighted by molar-refractivity contribution is 5.94. The zero-order chi connectivity index (χ0) is 24.0. The van der Waals surface area contributed by atoms with Gasteiger partial charge in [0.25, 0.3) is 5.91 Å². The maximum atomic E-state index is 13.2. The van der Waals surface area contributed by atoms with E-state index in [4.69, 9.17) is 0 Å². The number of piperidine rings is 1. The zero-order valence-corrected chi connectivity index (χ0v) is 20.3. The average Bonchev–Trinajstić information content (AvgIpc) is 2.82. The molecule has 184 valence electrons. The second kappa shape index (κ2) is 11.3. The van der Waals surface area contributed by atoms with Gasteiger partial charge in [-0.25, -0.2) is 0 Å². The molecule has 2 aliphatic rings. The fourth-order valence-electron chi connectivity index (χ4n) is 4.80. The van der Waals surface area contributed by atoms with Crippen LogP contribution in [0.3, 0.4) is 0 Å². The fraction of sp³-hybridized carbons (Fsp3) is 0.680. The second-order valence-electron chi connectivity index (χ2n) is 9.91. The number of β-amino-alcohol motifs (C(OH)–C–C–N with tert-alkyl or cyclic N) is 1. The van der Waals surface area contributed by atoms with E-state index in [1.165, 1.54) is 0 Å². The molecule has 3 rings (SSSR count). The lowest BCUT2D eigenvalue weighted by molar-refractivity contribution is -0.135. The highest BCUT2D eigenvalue weighted by Gasteiger charge is 2.40. The Morgan fingerprint density at radius 2 is 1.67 bits per heavy atom. The molecule has 2 amide bonds. The first-order valence-corrected chi connectivity index (χ1v) is 12.1. The van der Waals surface area contributed by atoms with E-state index in [1.807, 2.05) is 43.3 Å². The van der Waals surface area contributed by atoms with Crippen LogP contribution in [0.25, 0.3) is 0 Å². The number of benzene rings is 1. The van der Waals surface area contributed by atoms with E-state index in [1.54, 1.807) is 4.90 Å². The van der Waals surface area contributed by atoms with Gasteiger partial charge in [0.2, 0.25) is 5.91 Å². The third-order valence-electron chi connectivity index (χ3n) is 7.29. The molecular weight excluding hydrogens is 420 g/mol. The Morgan fingerprint density at radius 1 is 1.00 bits per heavy atom. The quantitative estimate of drug-likeness (QED) is 0.616. The molecule has 0 aliphatic carbocycles. The monoisotopic (exact) mass is 460 g/mol. The van der Waals surface area contributed by atoms with Crippen LogP contribution < -0.4 is 10.2 Å². The molecule has 1 aromatic rings. The van der Waals surface area contributed by atoms with Crippen LogP contribution in [0.2, 0.25) is 0 Å². The minimum atomic E-state index is -1.06. The Kier molecular flexibility index (Phi) is 8.73. The highest BCUT2D eigenvalue weighted by Crippen LogP contribution is 2.37. The van der Waals surface area contributed by atoms with Gasteiger partial charge in [-0.15, -0.1) is 0 Å². The number of hydrogen-bond acceptors (Lipinski definition) is 6. The van der Waals surface area contributed by atoms with Crippen molar-refractivity contribution in [3.8, 4) is 0 Å². The molecule has 2 aliphatic heterocycles. The molecule has 33 heavy (non-hydrogen) atoms. The summed E-state index contributed by atoms with van der Waals surface area (Å²) >= 11 is 0. The summed E-state index contributed by atoms with van der Waals surface area (Å²) in [5.41, 5.74) is 1.20. The minimum Gasteiger partial charge on any atom is -0.390 e. The molecule has 0 saturated carbocycles. The van der Waals surface area contributed by atoms with E-state index in [0.29, 0.717) is 18.7 Å². The van der Waals surface area contributed by atoms with Crippen LogP contribution in [0.1, 0.15) is 48.9 Å². The summed E-state index contributed by atoms with van der Waals surface area (Å²) in [7, 11) is 5.98. The molecule has 2 heterocycles. The van der Waals surface area contributed by atoms with Gasteiger partial charge in [0, 0.05) is 45.0 Å². The van der Waals surface area contributed by atoms with Gasteiger partial charge >= 0.3 is 0 Å². The largest absolute Gasteiger partial charge is 0.390 e. The second-order valence-corrected chi connectivity index (χ2v) is 9.91.